The molecule has 7 heteroatoms. The third-order valence-corrected chi connectivity index (χ3v) is 5.63. The van der Waals surface area contributed by atoms with E-state index >= 15 is 0 Å². The van der Waals surface area contributed by atoms with Gasteiger partial charge < -0.3 is 19.5 Å². The molecular formula is C17H20N2O4S. The summed E-state index contributed by atoms with van der Waals surface area (Å²) in [7, 11) is 0. The second-order valence-electron chi connectivity index (χ2n) is 6.85. The van der Waals surface area contributed by atoms with E-state index in [1.807, 2.05) is 0 Å². The van der Waals surface area contributed by atoms with E-state index < -0.39 is 5.97 Å². The van der Waals surface area contributed by atoms with Gasteiger partial charge in [0, 0.05) is 30.5 Å². The van der Waals surface area contributed by atoms with Gasteiger partial charge >= 0.3 is 5.97 Å². The number of nitrogens with zero attached hydrogens (tertiary/aromatic N) is 2. The number of anilines is 1. The fourth-order valence-electron chi connectivity index (χ4n) is 3.38. The molecule has 4 heterocycles. The first-order valence-electron chi connectivity index (χ1n) is 8.10. The average molecular weight is 348 g/mol. The maximum atomic E-state index is 11.4. The molecule has 0 spiro atoms. The lowest BCUT2D eigenvalue weighted by molar-refractivity contribution is -0.0396. The van der Waals surface area contributed by atoms with Gasteiger partial charge in [0.25, 0.3) is 0 Å². The summed E-state index contributed by atoms with van der Waals surface area (Å²) in [5, 5.41) is 10.3. The van der Waals surface area contributed by atoms with Crippen LogP contribution in [0.2, 0.25) is 0 Å². The number of hydrogen-bond acceptors (Lipinski definition) is 6. The standard InChI is InChI=1S/C17H20N2O4S/c1-17(2)8-11-10-7-13(16(20)21)24-15(10)18-14(12(11)9-23-17)19-3-5-22-6-4-19/h7H,3-6,8-9H2,1-2H3,(H,20,21). The fraction of sp³-hybridized carbons (Fsp3) is 0.529. The van der Waals surface area contributed by atoms with Crippen LogP contribution in [0.5, 0.6) is 0 Å². The van der Waals surface area contributed by atoms with E-state index in [1.165, 1.54) is 16.9 Å². The molecule has 24 heavy (non-hydrogen) atoms. The van der Waals surface area contributed by atoms with E-state index in [1.54, 1.807) is 6.07 Å². The van der Waals surface area contributed by atoms with Crippen molar-refractivity contribution in [3.8, 4) is 0 Å². The van der Waals surface area contributed by atoms with E-state index in [0.29, 0.717) is 24.7 Å². The number of hydrogen-bond donors (Lipinski definition) is 1. The summed E-state index contributed by atoms with van der Waals surface area (Å²) in [6.07, 6.45) is 0.758. The van der Waals surface area contributed by atoms with Crippen molar-refractivity contribution in [1.29, 1.82) is 0 Å². The number of carbonyl (C=O) groups is 1. The molecule has 0 aliphatic carbocycles. The van der Waals surface area contributed by atoms with E-state index in [4.69, 9.17) is 14.5 Å². The number of aromatic nitrogens is 1. The number of ether oxygens (including phenoxy) is 2. The largest absolute Gasteiger partial charge is 0.477 e. The highest BCUT2D eigenvalue weighted by Crippen LogP contribution is 2.40. The number of rotatable bonds is 2. The lowest BCUT2D eigenvalue weighted by Gasteiger charge is -2.36. The number of morpholine rings is 1. The maximum absolute atomic E-state index is 11.4. The van der Waals surface area contributed by atoms with Crippen LogP contribution in [0.25, 0.3) is 10.2 Å². The van der Waals surface area contributed by atoms with Gasteiger partial charge in [-0.2, -0.15) is 0 Å². The minimum Gasteiger partial charge on any atom is -0.477 e. The zero-order chi connectivity index (χ0) is 16.9. The SMILES string of the molecule is CC1(C)Cc2c(c(N3CCOCC3)nc3sc(C(=O)O)cc23)CO1. The molecule has 0 amide bonds. The quantitative estimate of drug-likeness (QED) is 0.900. The Morgan fingerprint density at radius 3 is 2.79 bits per heavy atom. The first kappa shape index (κ1) is 15.8. The molecule has 1 N–H and O–H groups in total. The molecule has 1 saturated heterocycles. The molecule has 0 unspecified atom stereocenters. The van der Waals surface area contributed by atoms with Crippen molar-refractivity contribution in [3.05, 3.63) is 22.1 Å². The van der Waals surface area contributed by atoms with E-state index in [2.05, 4.69) is 18.7 Å². The molecule has 4 rings (SSSR count). The average Bonchev–Trinajstić information content (AvgIpc) is 2.99. The molecule has 2 aromatic rings. The Morgan fingerprint density at radius 1 is 1.33 bits per heavy atom. The van der Waals surface area contributed by atoms with Gasteiger partial charge in [-0.15, -0.1) is 11.3 Å². The van der Waals surface area contributed by atoms with Gasteiger partial charge in [0.15, 0.2) is 0 Å². The highest BCUT2D eigenvalue weighted by molar-refractivity contribution is 7.20. The van der Waals surface area contributed by atoms with Crippen molar-refractivity contribution in [2.24, 2.45) is 0 Å². The molecule has 2 aliphatic heterocycles. The molecule has 0 bridgehead atoms. The van der Waals surface area contributed by atoms with E-state index in [0.717, 1.165) is 41.1 Å². The predicted octanol–water partition coefficient (Wildman–Crippen LogP) is 2.68. The lowest BCUT2D eigenvalue weighted by atomic mass is 9.90. The van der Waals surface area contributed by atoms with Gasteiger partial charge in [0.05, 0.1) is 25.4 Å². The monoisotopic (exact) mass is 348 g/mol. The number of thiophene rings is 1. The second-order valence-corrected chi connectivity index (χ2v) is 7.88. The third-order valence-electron chi connectivity index (χ3n) is 4.61. The summed E-state index contributed by atoms with van der Waals surface area (Å²) in [4.78, 5) is 19.6. The van der Waals surface area contributed by atoms with Crippen LogP contribution in [0.15, 0.2) is 6.07 Å². The number of fused-ring (bicyclic) bond motifs is 3. The van der Waals surface area contributed by atoms with Gasteiger partial charge in [0.2, 0.25) is 0 Å². The highest BCUT2D eigenvalue weighted by Gasteiger charge is 2.32. The molecule has 0 radical (unpaired) electrons. The van der Waals surface area contributed by atoms with Crippen molar-refractivity contribution < 1.29 is 19.4 Å². The minimum absolute atomic E-state index is 0.255. The van der Waals surface area contributed by atoms with E-state index in [-0.39, 0.29) is 5.60 Å². The minimum atomic E-state index is -0.897. The van der Waals surface area contributed by atoms with Crippen LogP contribution in [0.1, 0.15) is 34.6 Å². The molecule has 6 nitrogen and oxygen atoms in total. The topological polar surface area (TPSA) is 71.9 Å². The van der Waals surface area contributed by atoms with Crippen LogP contribution in [0.4, 0.5) is 5.82 Å². The summed E-state index contributed by atoms with van der Waals surface area (Å²) in [6.45, 7) is 7.62. The van der Waals surface area contributed by atoms with Gasteiger partial charge in [-0.1, -0.05) is 0 Å². The van der Waals surface area contributed by atoms with Crippen molar-refractivity contribution in [3.63, 3.8) is 0 Å². The van der Waals surface area contributed by atoms with Crippen LogP contribution in [-0.2, 0) is 22.5 Å². The molecule has 1 fully saturated rings. The second kappa shape index (κ2) is 5.68. The molecule has 2 aromatic heterocycles. The summed E-state index contributed by atoms with van der Waals surface area (Å²) >= 11 is 1.25. The first-order chi connectivity index (χ1) is 11.4. The zero-order valence-corrected chi connectivity index (χ0v) is 14.6. The zero-order valence-electron chi connectivity index (χ0n) is 13.8. The Bertz CT molecular complexity index is 809. The van der Waals surface area contributed by atoms with Crippen LogP contribution in [0.3, 0.4) is 0 Å². The summed E-state index contributed by atoms with van der Waals surface area (Å²) in [5.41, 5.74) is 2.02. The summed E-state index contributed by atoms with van der Waals surface area (Å²) < 4.78 is 11.5. The third kappa shape index (κ3) is 2.66. The number of carboxylic acid groups (broad SMARTS) is 1. The van der Waals surface area contributed by atoms with Gasteiger partial charge in [-0.3, -0.25) is 0 Å². The maximum Gasteiger partial charge on any atom is 0.345 e. The summed E-state index contributed by atoms with van der Waals surface area (Å²) in [5.74, 6) is 0.0288. The van der Waals surface area contributed by atoms with Crippen LogP contribution in [0, 0.1) is 0 Å². The number of pyridine rings is 1. The lowest BCUT2D eigenvalue weighted by Crippen LogP contribution is -2.39. The van der Waals surface area contributed by atoms with Crippen molar-refractivity contribution in [2.45, 2.75) is 32.5 Å². The van der Waals surface area contributed by atoms with Gasteiger partial charge in [-0.25, -0.2) is 9.78 Å². The Balaban J connectivity index is 1.91. The van der Waals surface area contributed by atoms with Crippen LogP contribution >= 0.6 is 11.3 Å². The Morgan fingerprint density at radius 2 is 2.08 bits per heavy atom. The van der Waals surface area contributed by atoms with Gasteiger partial charge in [0.1, 0.15) is 15.5 Å². The van der Waals surface area contributed by atoms with Crippen molar-refractivity contribution in [1.82, 2.24) is 4.98 Å². The summed E-state index contributed by atoms with van der Waals surface area (Å²) in [6, 6.07) is 1.76. The van der Waals surface area contributed by atoms with Crippen molar-refractivity contribution in [2.75, 3.05) is 31.2 Å². The van der Waals surface area contributed by atoms with E-state index in [9.17, 15) is 9.90 Å². The molecule has 128 valence electrons. The molecule has 0 aromatic carbocycles. The van der Waals surface area contributed by atoms with Gasteiger partial charge in [-0.05, 0) is 25.5 Å². The normalized spacial score (nSPS) is 20.2. The Hall–Kier alpha value is -1.70. The van der Waals surface area contributed by atoms with Crippen LogP contribution < -0.4 is 4.90 Å². The number of aromatic carboxylic acids is 1. The Kier molecular flexibility index (Phi) is 3.74. The molecule has 0 atom stereocenters. The van der Waals surface area contributed by atoms with Crippen molar-refractivity contribution >= 4 is 33.3 Å². The smallest absolute Gasteiger partial charge is 0.345 e. The highest BCUT2D eigenvalue weighted by atomic mass is 32.1. The molecule has 2 aliphatic rings. The number of carboxylic acids is 1. The molecule has 0 saturated carbocycles. The Labute approximate surface area is 144 Å². The molecular weight excluding hydrogens is 328 g/mol. The fourth-order valence-corrected chi connectivity index (χ4v) is 4.28. The predicted molar refractivity (Wildman–Crippen MR) is 92.2 cm³/mol. The first-order valence-corrected chi connectivity index (χ1v) is 8.91. The van der Waals surface area contributed by atoms with Crippen LogP contribution in [-0.4, -0.2) is 48.0 Å².